The SMILES string of the molecule is CCCC(CC)c1cc(C)cc(C)n1. The third-order valence-corrected chi connectivity index (χ3v) is 2.67. The maximum Gasteiger partial charge on any atom is 0.0440 e. The molecule has 0 fully saturated rings. The van der Waals surface area contributed by atoms with Gasteiger partial charge in [-0.2, -0.15) is 0 Å². The van der Waals surface area contributed by atoms with E-state index in [9.17, 15) is 0 Å². The van der Waals surface area contributed by atoms with Crippen LogP contribution in [0.25, 0.3) is 0 Å². The van der Waals surface area contributed by atoms with Crippen LogP contribution >= 0.6 is 0 Å². The maximum atomic E-state index is 4.62. The van der Waals surface area contributed by atoms with Crippen LogP contribution in [0.1, 0.15) is 56.0 Å². The molecule has 0 radical (unpaired) electrons. The summed E-state index contributed by atoms with van der Waals surface area (Å²) >= 11 is 0. The average Bonchev–Trinajstić information content (AvgIpc) is 2.12. The minimum absolute atomic E-state index is 0.651. The number of aromatic nitrogens is 1. The fraction of sp³-hybridized carbons (Fsp3) is 0.615. The van der Waals surface area contributed by atoms with Crippen LogP contribution in [0.3, 0.4) is 0 Å². The Kier molecular flexibility index (Phi) is 4.12. The van der Waals surface area contributed by atoms with Crippen molar-refractivity contribution >= 4 is 0 Å². The van der Waals surface area contributed by atoms with Crippen molar-refractivity contribution in [1.29, 1.82) is 0 Å². The van der Waals surface area contributed by atoms with Gasteiger partial charge in [-0.1, -0.05) is 20.3 Å². The Morgan fingerprint density at radius 3 is 2.43 bits per heavy atom. The minimum Gasteiger partial charge on any atom is -0.258 e. The Balaban J connectivity index is 2.91. The first-order chi connectivity index (χ1) is 6.67. The Bertz CT molecular complexity index is 271. The fourth-order valence-electron chi connectivity index (χ4n) is 1.99. The number of hydrogen-bond acceptors (Lipinski definition) is 1. The van der Waals surface area contributed by atoms with Crippen molar-refractivity contribution < 1.29 is 0 Å². The first kappa shape index (κ1) is 11.2. The molecule has 1 aromatic rings. The van der Waals surface area contributed by atoms with Crippen LogP contribution in [0.15, 0.2) is 12.1 Å². The standard InChI is InChI=1S/C13H21N/c1-5-7-12(6-2)13-9-10(3)8-11(4)14-13/h8-9,12H,5-7H2,1-4H3. The summed E-state index contributed by atoms with van der Waals surface area (Å²) in [5.41, 5.74) is 3.77. The zero-order chi connectivity index (χ0) is 10.6. The molecule has 0 aromatic carbocycles. The molecule has 0 spiro atoms. The molecule has 0 amide bonds. The van der Waals surface area contributed by atoms with E-state index in [1.54, 1.807) is 0 Å². The van der Waals surface area contributed by atoms with Crippen molar-refractivity contribution in [3.05, 3.63) is 29.1 Å². The maximum absolute atomic E-state index is 4.62. The molecule has 0 aliphatic rings. The summed E-state index contributed by atoms with van der Waals surface area (Å²) in [6.07, 6.45) is 3.70. The van der Waals surface area contributed by atoms with E-state index in [4.69, 9.17) is 0 Å². The number of hydrogen-bond donors (Lipinski definition) is 0. The largest absolute Gasteiger partial charge is 0.258 e. The molecule has 1 heterocycles. The van der Waals surface area contributed by atoms with Crippen LogP contribution < -0.4 is 0 Å². The number of rotatable bonds is 4. The lowest BCUT2D eigenvalue weighted by atomic mass is 9.95. The molecule has 0 N–H and O–H groups in total. The molecule has 1 atom stereocenters. The van der Waals surface area contributed by atoms with E-state index in [0.29, 0.717) is 5.92 Å². The summed E-state index contributed by atoms with van der Waals surface area (Å²) in [5.74, 6) is 0.651. The molecule has 0 saturated carbocycles. The van der Waals surface area contributed by atoms with Crippen LogP contribution in [0, 0.1) is 13.8 Å². The highest BCUT2D eigenvalue weighted by molar-refractivity contribution is 5.21. The molecule has 78 valence electrons. The lowest BCUT2D eigenvalue weighted by Gasteiger charge is -2.14. The quantitative estimate of drug-likeness (QED) is 0.701. The summed E-state index contributed by atoms with van der Waals surface area (Å²) in [4.78, 5) is 4.62. The topological polar surface area (TPSA) is 12.9 Å². The molecule has 0 bridgehead atoms. The van der Waals surface area contributed by atoms with Crippen LogP contribution in [0.4, 0.5) is 0 Å². The Morgan fingerprint density at radius 1 is 1.21 bits per heavy atom. The normalized spacial score (nSPS) is 12.9. The lowest BCUT2D eigenvalue weighted by molar-refractivity contribution is 0.579. The van der Waals surface area contributed by atoms with Crippen molar-refractivity contribution in [2.45, 2.75) is 52.9 Å². The zero-order valence-corrected chi connectivity index (χ0v) is 9.80. The Morgan fingerprint density at radius 2 is 1.93 bits per heavy atom. The van der Waals surface area contributed by atoms with Gasteiger partial charge in [0.15, 0.2) is 0 Å². The molecule has 1 rings (SSSR count). The third kappa shape index (κ3) is 2.83. The Hall–Kier alpha value is -0.850. The summed E-state index contributed by atoms with van der Waals surface area (Å²) in [6.45, 7) is 8.72. The second kappa shape index (κ2) is 5.14. The molecule has 1 unspecified atom stereocenters. The van der Waals surface area contributed by atoms with Gasteiger partial charge in [-0.3, -0.25) is 4.98 Å². The van der Waals surface area contributed by atoms with Crippen LogP contribution in [0.5, 0.6) is 0 Å². The van der Waals surface area contributed by atoms with Crippen molar-refractivity contribution in [1.82, 2.24) is 4.98 Å². The molecule has 0 aliphatic carbocycles. The second-order valence-electron chi connectivity index (χ2n) is 4.10. The van der Waals surface area contributed by atoms with E-state index < -0.39 is 0 Å². The van der Waals surface area contributed by atoms with E-state index in [1.807, 2.05) is 0 Å². The van der Waals surface area contributed by atoms with E-state index >= 15 is 0 Å². The molecule has 14 heavy (non-hydrogen) atoms. The first-order valence-corrected chi connectivity index (χ1v) is 5.62. The average molecular weight is 191 g/mol. The Labute approximate surface area is 87.6 Å². The fourth-order valence-corrected chi connectivity index (χ4v) is 1.99. The van der Waals surface area contributed by atoms with Gasteiger partial charge >= 0.3 is 0 Å². The van der Waals surface area contributed by atoms with E-state index in [0.717, 1.165) is 5.69 Å². The van der Waals surface area contributed by atoms with E-state index in [-0.39, 0.29) is 0 Å². The highest BCUT2D eigenvalue weighted by Gasteiger charge is 2.10. The molecular formula is C13H21N. The van der Waals surface area contributed by atoms with Gasteiger partial charge in [-0.05, 0) is 44.4 Å². The predicted molar refractivity (Wildman–Crippen MR) is 61.7 cm³/mol. The highest BCUT2D eigenvalue weighted by atomic mass is 14.7. The van der Waals surface area contributed by atoms with Gasteiger partial charge in [0.1, 0.15) is 0 Å². The van der Waals surface area contributed by atoms with Gasteiger partial charge in [-0.25, -0.2) is 0 Å². The van der Waals surface area contributed by atoms with Gasteiger partial charge in [0.05, 0.1) is 0 Å². The van der Waals surface area contributed by atoms with E-state index in [1.165, 1.54) is 30.5 Å². The van der Waals surface area contributed by atoms with Crippen LogP contribution in [0.2, 0.25) is 0 Å². The minimum atomic E-state index is 0.651. The number of pyridine rings is 1. The van der Waals surface area contributed by atoms with Crippen molar-refractivity contribution in [2.24, 2.45) is 0 Å². The molecular weight excluding hydrogens is 170 g/mol. The summed E-state index contributed by atoms with van der Waals surface area (Å²) in [7, 11) is 0. The van der Waals surface area contributed by atoms with E-state index in [2.05, 4.69) is 44.8 Å². The summed E-state index contributed by atoms with van der Waals surface area (Å²) < 4.78 is 0. The second-order valence-corrected chi connectivity index (χ2v) is 4.10. The van der Waals surface area contributed by atoms with Gasteiger partial charge in [0, 0.05) is 17.3 Å². The zero-order valence-electron chi connectivity index (χ0n) is 9.80. The third-order valence-electron chi connectivity index (χ3n) is 2.67. The van der Waals surface area contributed by atoms with Crippen molar-refractivity contribution in [2.75, 3.05) is 0 Å². The first-order valence-electron chi connectivity index (χ1n) is 5.62. The van der Waals surface area contributed by atoms with Crippen LogP contribution in [-0.4, -0.2) is 4.98 Å². The molecule has 1 heteroatoms. The predicted octanol–water partition coefficient (Wildman–Crippen LogP) is 3.99. The number of nitrogens with zero attached hydrogens (tertiary/aromatic N) is 1. The molecule has 0 saturated heterocycles. The van der Waals surface area contributed by atoms with Crippen molar-refractivity contribution in [3.63, 3.8) is 0 Å². The molecule has 1 aromatic heterocycles. The highest BCUT2D eigenvalue weighted by Crippen LogP contribution is 2.23. The monoisotopic (exact) mass is 191 g/mol. The van der Waals surface area contributed by atoms with Gasteiger partial charge in [0.2, 0.25) is 0 Å². The summed E-state index contributed by atoms with van der Waals surface area (Å²) in [6, 6.07) is 4.37. The smallest absolute Gasteiger partial charge is 0.0440 e. The summed E-state index contributed by atoms with van der Waals surface area (Å²) in [5, 5.41) is 0. The van der Waals surface area contributed by atoms with Gasteiger partial charge < -0.3 is 0 Å². The lowest BCUT2D eigenvalue weighted by Crippen LogP contribution is -2.01. The number of aryl methyl sites for hydroxylation is 2. The van der Waals surface area contributed by atoms with Gasteiger partial charge in [-0.15, -0.1) is 0 Å². The van der Waals surface area contributed by atoms with Crippen LogP contribution in [-0.2, 0) is 0 Å². The van der Waals surface area contributed by atoms with Gasteiger partial charge in [0.25, 0.3) is 0 Å². The molecule has 1 nitrogen and oxygen atoms in total. The molecule has 0 aliphatic heterocycles. The van der Waals surface area contributed by atoms with Crippen molar-refractivity contribution in [3.8, 4) is 0 Å².